The van der Waals surface area contributed by atoms with E-state index in [1.807, 2.05) is 6.92 Å². The second-order valence-electron chi connectivity index (χ2n) is 5.34. The fraction of sp³-hybridized carbons (Fsp3) is 0.429. The zero-order chi connectivity index (χ0) is 14.7. The normalized spacial score (nSPS) is 11.8. The van der Waals surface area contributed by atoms with Gasteiger partial charge in [0.1, 0.15) is 0 Å². The summed E-state index contributed by atoms with van der Waals surface area (Å²) in [6.07, 6.45) is 0. The molecule has 0 fully saturated rings. The smallest absolute Gasteiger partial charge is 0.241 e. The average molecular weight is 280 g/mol. The van der Waals surface area contributed by atoms with E-state index in [0.717, 1.165) is 11.1 Å². The van der Waals surface area contributed by atoms with Crippen molar-refractivity contribution < 1.29 is 8.42 Å². The zero-order valence-electron chi connectivity index (χ0n) is 11.7. The number of nitrogens with two attached hydrogens (primary N) is 1. The quantitative estimate of drug-likeness (QED) is 0.804. The van der Waals surface area contributed by atoms with Crippen molar-refractivity contribution in [3.05, 3.63) is 29.3 Å². The van der Waals surface area contributed by atoms with Crippen LogP contribution in [0.2, 0.25) is 0 Å². The third kappa shape index (κ3) is 4.67. The molecule has 1 aromatic carbocycles. The second-order valence-corrected chi connectivity index (χ2v) is 7.02. The molecule has 0 radical (unpaired) electrons. The Kier molecular flexibility index (Phi) is 4.75. The minimum Gasteiger partial charge on any atom is -0.320 e. The standard InChI is InChI=1S/C14H20N2O2S/c1-11-10-13(8-7-12(11)6-5-9-15)19(17,18)16-14(2,3)4/h7-8,10,16H,9,15H2,1-4H3. The Morgan fingerprint density at radius 2 is 1.95 bits per heavy atom. The van der Waals surface area contributed by atoms with E-state index in [4.69, 9.17) is 5.73 Å². The highest BCUT2D eigenvalue weighted by Crippen LogP contribution is 2.16. The molecule has 1 aromatic rings. The fourth-order valence-corrected chi connectivity index (χ4v) is 3.06. The summed E-state index contributed by atoms with van der Waals surface area (Å²) < 4.78 is 26.9. The first-order valence-electron chi connectivity index (χ1n) is 5.99. The summed E-state index contributed by atoms with van der Waals surface area (Å²) in [6.45, 7) is 7.53. The van der Waals surface area contributed by atoms with E-state index >= 15 is 0 Å². The topological polar surface area (TPSA) is 72.2 Å². The number of hydrogen-bond acceptors (Lipinski definition) is 3. The summed E-state index contributed by atoms with van der Waals surface area (Å²) in [4.78, 5) is 0.248. The van der Waals surface area contributed by atoms with Gasteiger partial charge >= 0.3 is 0 Å². The van der Waals surface area contributed by atoms with Gasteiger partial charge in [0.05, 0.1) is 11.4 Å². The summed E-state index contributed by atoms with van der Waals surface area (Å²) in [5, 5.41) is 0. The van der Waals surface area contributed by atoms with Gasteiger partial charge in [0, 0.05) is 11.1 Å². The van der Waals surface area contributed by atoms with Crippen LogP contribution >= 0.6 is 0 Å². The first kappa shape index (κ1) is 15.7. The molecule has 0 spiro atoms. The zero-order valence-corrected chi connectivity index (χ0v) is 12.6. The lowest BCUT2D eigenvalue weighted by Gasteiger charge is -2.20. The number of nitrogens with one attached hydrogen (secondary N) is 1. The van der Waals surface area contributed by atoms with E-state index in [-0.39, 0.29) is 11.4 Å². The Hall–Kier alpha value is -1.35. The van der Waals surface area contributed by atoms with Crippen LogP contribution in [-0.4, -0.2) is 20.5 Å². The molecule has 0 aliphatic carbocycles. The van der Waals surface area contributed by atoms with Gasteiger partial charge in [0.15, 0.2) is 0 Å². The minimum absolute atomic E-state index is 0.248. The lowest BCUT2D eigenvalue weighted by molar-refractivity contribution is 0.491. The van der Waals surface area contributed by atoms with Gasteiger partial charge in [0.2, 0.25) is 10.0 Å². The Morgan fingerprint density at radius 3 is 2.42 bits per heavy atom. The lowest BCUT2D eigenvalue weighted by atomic mass is 10.1. The van der Waals surface area contributed by atoms with Gasteiger partial charge in [-0.05, 0) is 51.5 Å². The largest absolute Gasteiger partial charge is 0.320 e. The van der Waals surface area contributed by atoms with Crippen LogP contribution in [0.25, 0.3) is 0 Å². The molecule has 0 unspecified atom stereocenters. The Morgan fingerprint density at radius 1 is 1.32 bits per heavy atom. The van der Waals surface area contributed by atoms with E-state index in [0.29, 0.717) is 0 Å². The van der Waals surface area contributed by atoms with E-state index in [9.17, 15) is 8.42 Å². The minimum atomic E-state index is -3.50. The van der Waals surface area contributed by atoms with Gasteiger partial charge in [-0.2, -0.15) is 0 Å². The van der Waals surface area contributed by atoms with Gasteiger partial charge in [-0.25, -0.2) is 13.1 Å². The maximum absolute atomic E-state index is 12.2. The molecular weight excluding hydrogens is 260 g/mol. The summed E-state index contributed by atoms with van der Waals surface area (Å²) in [5.74, 6) is 5.66. The highest BCUT2D eigenvalue weighted by atomic mass is 32.2. The van der Waals surface area contributed by atoms with Crippen molar-refractivity contribution >= 4 is 10.0 Å². The van der Waals surface area contributed by atoms with Crippen LogP contribution in [0.4, 0.5) is 0 Å². The molecule has 0 aliphatic rings. The molecule has 0 aliphatic heterocycles. The molecule has 3 N–H and O–H groups in total. The van der Waals surface area contributed by atoms with E-state index in [2.05, 4.69) is 16.6 Å². The predicted octanol–water partition coefficient (Wildman–Crippen LogP) is 1.38. The Balaban J connectivity index is 3.14. The number of rotatable bonds is 2. The van der Waals surface area contributed by atoms with E-state index in [1.165, 1.54) is 0 Å². The molecule has 0 amide bonds. The van der Waals surface area contributed by atoms with Gasteiger partial charge in [0.25, 0.3) is 0 Å². The third-order valence-electron chi connectivity index (χ3n) is 2.27. The van der Waals surface area contributed by atoms with Crippen molar-refractivity contribution in [2.24, 2.45) is 5.73 Å². The first-order valence-corrected chi connectivity index (χ1v) is 7.47. The number of benzene rings is 1. The molecule has 0 saturated heterocycles. The molecular formula is C14H20N2O2S. The van der Waals surface area contributed by atoms with Crippen LogP contribution < -0.4 is 10.5 Å². The first-order chi connectivity index (χ1) is 8.65. The van der Waals surface area contributed by atoms with Crippen LogP contribution in [0.1, 0.15) is 31.9 Å². The maximum Gasteiger partial charge on any atom is 0.241 e. The highest BCUT2D eigenvalue weighted by Gasteiger charge is 2.22. The molecule has 19 heavy (non-hydrogen) atoms. The fourth-order valence-electron chi connectivity index (χ4n) is 1.55. The number of sulfonamides is 1. The Bertz CT molecular complexity index is 617. The van der Waals surface area contributed by atoms with Crippen molar-refractivity contribution in [3.63, 3.8) is 0 Å². The summed E-state index contributed by atoms with van der Waals surface area (Å²) >= 11 is 0. The van der Waals surface area contributed by atoms with Crippen LogP contribution in [0.15, 0.2) is 23.1 Å². The summed E-state index contributed by atoms with van der Waals surface area (Å²) in [6, 6.07) is 4.88. The van der Waals surface area contributed by atoms with Crippen molar-refractivity contribution in [3.8, 4) is 11.8 Å². The van der Waals surface area contributed by atoms with Crippen molar-refractivity contribution in [2.45, 2.75) is 38.1 Å². The van der Waals surface area contributed by atoms with Crippen molar-refractivity contribution in [1.29, 1.82) is 0 Å². The second kappa shape index (κ2) is 5.74. The molecule has 5 heteroatoms. The molecule has 104 valence electrons. The number of aryl methyl sites for hydroxylation is 1. The van der Waals surface area contributed by atoms with Gasteiger partial charge < -0.3 is 5.73 Å². The lowest BCUT2D eigenvalue weighted by Crippen LogP contribution is -2.40. The molecule has 0 atom stereocenters. The Labute approximate surface area is 115 Å². The molecule has 1 rings (SSSR count). The van der Waals surface area contributed by atoms with E-state index in [1.54, 1.807) is 39.0 Å². The molecule has 4 nitrogen and oxygen atoms in total. The van der Waals surface area contributed by atoms with Crippen molar-refractivity contribution in [1.82, 2.24) is 4.72 Å². The van der Waals surface area contributed by atoms with Crippen LogP contribution in [0, 0.1) is 18.8 Å². The summed E-state index contributed by atoms with van der Waals surface area (Å²) in [7, 11) is -3.50. The number of hydrogen-bond donors (Lipinski definition) is 2. The molecule has 0 bridgehead atoms. The van der Waals surface area contributed by atoms with Crippen LogP contribution in [0.3, 0.4) is 0 Å². The highest BCUT2D eigenvalue weighted by molar-refractivity contribution is 7.89. The maximum atomic E-state index is 12.2. The van der Waals surface area contributed by atoms with Gasteiger partial charge in [-0.15, -0.1) is 0 Å². The van der Waals surface area contributed by atoms with E-state index < -0.39 is 15.6 Å². The monoisotopic (exact) mass is 280 g/mol. The van der Waals surface area contributed by atoms with Gasteiger partial charge in [-0.1, -0.05) is 11.8 Å². The third-order valence-corrected chi connectivity index (χ3v) is 4.03. The average Bonchev–Trinajstić information content (AvgIpc) is 2.24. The molecule has 0 saturated carbocycles. The van der Waals surface area contributed by atoms with Crippen LogP contribution in [-0.2, 0) is 10.0 Å². The van der Waals surface area contributed by atoms with Gasteiger partial charge in [-0.3, -0.25) is 0 Å². The molecule has 0 heterocycles. The molecule has 0 aromatic heterocycles. The summed E-state index contributed by atoms with van der Waals surface area (Å²) in [5.41, 5.74) is 6.42. The van der Waals surface area contributed by atoms with Crippen molar-refractivity contribution in [2.75, 3.05) is 6.54 Å². The predicted molar refractivity (Wildman–Crippen MR) is 77.2 cm³/mol. The SMILES string of the molecule is Cc1cc(S(=O)(=O)NC(C)(C)C)ccc1C#CCN. The van der Waals surface area contributed by atoms with Crippen LogP contribution in [0.5, 0.6) is 0 Å².